The van der Waals surface area contributed by atoms with Crippen molar-refractivity contribution in [2.24, 2.45) is 17.5 Å². The highest BCUT2D eigenvalue weighted by molar-refractivity contribution is 5.96. The van der Waals surface area contributed by atoms with Gasteiger partial charge in [-0.05, 0) is 30.7 Å². The normalized spacial score (nSPS) is 17.6. The van der Waals surface area contributed by atoms with Crippen LogP contribution >= 0.6 is 0 Å². The number of benzene rings is 2. The molecule has 0 bridgehead atoms. The number of para-hydroxylation sites is 2. The fraction of sp³-hybridized carbons (Fsp3) is 0.250. The second-order valence-corrected chi connectivity index (χ2v) is 7.97. The van der Waals surface area contributed by atoms with E-state index in [-0.39, 0.29) is 31.1 Å². The number of nitrogens with zero attached hydrogens (tertiary/aromatic N) is 4. The first-order valence-electron chi connectivity index (χ1n) is 10.7. The smallest absolute Gasteiger partial charge is 0.271 e. The van der Waals surface area contributed by atoms with Gasteiger partial charge in [0, 0.05) is 25.5 Å². The van der Waals surface area contributed by atoms with Gasteiger partial charge in [0.05, 0.1) is 24.2 Å². The number of anilines is 2. The number of nitrogens with one attached hydrogen (secondary N) is 1. The molecule has 1 heterocycles. The van der Waals surface area contributed by atoms with Crippen LogP contribution in [0.3, 0.4) is 0 Å². The zero-order valence-electron chi connectivity index (χ0n) is 18.8. The number of nitriles is 1. The van der Waals surface area contributed by atoms with Crippen molar-refractivity contribution in [1.29, 1.82) is 5.26 Å². The van der Waals surface area contributed by atoms with Crippen molar-refractivity contribution in [3.63, 3.8) is 0 Å². The van der Waals surface area contributed by atoms with Crippen LogP contribution in [-0.4, -0.2) is 53.7 Å². The third-order valence-corrected chi connectivity index (χ3v) is 5.48. The lowest BCUT2D eigenvalue weighted by Gasteiger charge is -2.24. The lowest BCUT2D eigenvalue weighted by atomic mass is 10.1. The predicted octanol–water partition coefficient (Wildman–Crippen LogP) is 1.00. The number of carbonyl (C=O) groups excluding carboxylic acids is 3. The number of carbonyl (C=O) groups is 3. The summed E-state index contributed by atoms with van der Waals surface area (Å²) in [6.07, 6.45) is 1.50. The van der Waals surface area contributed by atoms with Crippen LogP contribution in [-0.2, 0) is 14.4 Å². The first-order chi connectivity index (χ1) is 16.3. The first kappa shape index (κ1) is 24.3. The molecule has 0 spiro atoms. The van der Waals surface area contributed by atoms with Gasteiger partial charge >= 0.3 is 0 Å². The van der Waals surface area contributed by atoms with Gasteiger partial charge in [-0.2, -0.15) is 5.26 Å². The van der Waals surface area contributed by atoms with Crippen LogP contribution in [0.2, 0.25) is 0 Å². The maximum absolute atomic E-state index is 12.9. The summed E-state index contributed by atoms with van der Waals surface area (Å²) < 4.78 is 0. The number of nitrogens with two attached hydrogens (primary N) is 2. The molecule has 0 saturated carbocycles. The summed E-state index contributed by atoms with van der Waals surface area (Å²) in [5.74, 6) is 4.10. The van der Waals surface area contributed by atoms with Crippen LogP contribution in [0.4, 0.5) is 11.4 Å². The van der Waals surface area contributed by atoms with Gasteiger partial charge in [-0.3, -0.25) is 19.4 Å². The number of hydrogen-bond donors (Lipinski definition) is 3. The van der Waals surface area contributed by atoms with Crippen LogP contribution in [0.15, 0.2) is 72.6 Å². The van der Waals surface area contributed by atoms with E-state index >= 15 is 0 Å². The van der Waals surface area contributed by atoms with Crippen molar-refractivity contribution >= 4 is 29.1 Å². The Morgan fingerprint density at radius 2 is 1.76 bits per heavy atom. The fourth-order valence-electron chi connectivity index (χ4n) is 3.66. The molecule has 0 aromatic heterocycles. The predicted molar refractivity (Wildman–Crippen MR) is 127 cm³/mol. The summed E-state index contributed by atoms with van der Waals surface area (Å²) in [6.45, 7) is -0.206. The van der Waals surface area contributed by atoms with Crippen molar-refractivity contribution in [1.82, 2.24) is 9.80 Å². The van der Waals surface area contributed by atoms with Crippen molar-refractivity contribution in [3.8, 4) is 6.07 Å². The SMILES string of the molecule is CN(CC(=O)N1CC(C(=O)Nc2ccccc2)CC1C#N)C(=O)/C(N)=C/N(N)c1ccccc1. The second-order valence-electron chi connectivity index (χ2n) is 7.97. The molecule has 10 heteroatoms. The number of hydrogen-bond acceptors (Lipinski definition) is 7. The average molecular weight is 462 g/mol. The number of amides is 3. The minimum absolute atomic E-state index is 0.0909. The Hall–Kier alpha value is -4.36. The molecule has 2 atom stereocenters. The van der Waals surface area contributed by atoms with Crippen LogP contribution in [0, 0.1) is 17.2 Å². The molecule has 34 heavy (non-hydrogen) atoms. The minimum Gasteiger partial charge on any atom is -0.393 e. The van der Waals surface area contributed by atoms with Crippen molar-refractivity contribution < 1.29 is 14.4 Å². The lowest BCUT2D eigenvalue weighted by Crippen LogP contribution is -2.44. The fourth-order valence-corrected chi connectivity index (χ4v) is 3.66. The molecule has 1 aliphatic heterocycles. The van der Waals surface area contributed by atoms with Crippen LogP contribution in [0.5, 0.6) is 0 Å². The van der Waals surface area contributed by atoms with E-state index in [0.29, 0.717) is 11.4 Å². The van der Waals surface area contributed by atoms with E-state index in [9.17, 15) is 19.6 Å². The van der Waals surface area contributed by atoms with Gasteiger partial charge in [0.25, 0.3) is 5.91 Å². The number of hydrazine groups is 1. The van der Waals surface area contributed by atoms with Gasteiger partial charge < -0.3 is 20.9 Å². The molecule has 2 aromatic carbocycles. The molecule has 0 aliphatic carbocycles. The van der Waals surface area contributed by atoms with E-state index in [2.05, 4.69) is 11.4 Å². The van der Waals surface area contributed by atoms with E-state index in [0.717, 1.165) is 4.90 Å². The van der Waals surface area contributed by atoms with Crippen LogP contribution in [0.25, 0.3) is 0 Å². The molecule has 2 aromatic rings. The van der Waals surface area contributed by atoms with Gasteiger partial charge in [0.1, 0.15) is 11.7 Å². The monoisotopic (exact) mass is 461 g/mol. The molecule has 176 valence electrons. The van der Waals surface area contributed by atoms with Crippen molar-refractivity contribution in [2.45, 2.75) is 12.5 Å². The Morgan fingerprint density at radius 3 is 2.38 bits per heavy atom. The van der Waals surface area contributed by atoms with Crippen LogP contribution < -0.4 is 21.9 Å². The summed E-state index contributed by atoms with van der Waals surface area (Å²) in [5, 5.41) is 13.5. The molecule has 3 rings (SSSR count). The molecule has 1 aliphatic rings. The Bertz CT molecular complexity index is 1100. The Balaban J connectivity index is 1.60. The topological polar surface area (TPSA) is 149 Å². The van der Waals surface area contributed by atoms with Crippen LogP contribution in [0.1, 0.15) is 6.42 Å². The molecule has 1 saturated heterocycles. The molecule has 3 amide bonds. The van der Waals surface area contributed by atoms with Gasteiger partial charge in [-0.25, -0.2) is 5.84 Å². The maximum atomic E-state index is 12.9. The van der Waals surface area contributed by atoms with Crippen molar-refractivity contribution in [2.75, 3.05) is 30.5 Å². The number of likely N-dealkylation sites (N-methyl/N-ethyl adjacent to an activating group) is 1. The van der Waals surface area contributed by atoms with Gasteiger partial charge in [0.15, 0.2) is 0 Å². The summed E-state index contributed by atoms with van der Waals surface area (Å²) in [7, 11) is 1.43. The standard InChI is InChI=1S/C24H27N7O3/c1-29(24(34)21(26)15-31(27)19-10-6-3-7-11-19)16-22(32)30-14-17(12-20(30)13-25)23(33)28-18-8-4-2-5-9-18/h2-11,15,17,20H,12,14,16,26-27H2,1H3,(H,28,33)/b21-15-. The Kier molecular flexibility index (Phi) is 7.84. The largest absolute Gasteiger partial charge is 0.393 e. The van der Waals surface area contributed by atoms with Gasteiger partial charge in [-0.1, -0.05) is 36.4 Å². The van der Waals surface area contributed by atoms with E-state index in [4.69, 9.17) is 11.6 Å². The third kappa shape index (κ3) is 5.90. The summed E-state index contributed by atoms with van der Waals surface area (Å²) in [6, 6.07) is 19.2. The molecular formula is C24H27N7O3. The van der Waals surface area contributed by atoms with E-state index in [1.54, 1.807) is 48.5 Å². The molecule has 2 unspecified atom stereocenters. The second kappa shape index (κ2) is 11.0. The van der Waals surface area contributed by atoms with Gasteiger partial charge in [0.2, 0.25) is 11.8 Å². The number of rotatable bonds is 7. The molecular weight excluding hydrogens is 434 g/mol. The van der Waals surface area contributed by atoms with E-state index < -0.39 is 23.8 Å². The highest BCUT2D eigenvalue weighted by atomic mass is 16.2. The third-order valence-electron chi connectivity index (χ3n) is 5.48. The zero-order valence-corrected chi connectivity index (χ0v) is 18.8. The lowest BCUT2D eigenvalue weighted by molar-refractivity contribution is -0.137. The van der Waals surface area contributed by atoms with E-state index in [1.807, 2.05) is 12.1 Å². The highest BCUT2D eigenvalue weighted by Crippen LogP contribution is 2.25. The Morgan fingerprint density at radius 1 is 1.15 bits per heavy atom. The summed E-state index contributed by atoms with van der Waals surface area (Å²) in [4.78, 5) is 40.6. The summed E-state index contributed by atoms with van der Waals surface area (Å²) in [5.41, 5.74) is 7.01. The Labute approximate surface area is 198 Å². The molecule has 0 radical (unpaired) electrons. The quantitative estimate of drug-likeness (QED) is 0.316. The van der Waals surface area contributed by atoms with Gasteiger partial charge in [-0.15, -0.1) is 0 Å². The minimum atomic E-state index is -0.756. The first-order valence-corrected chi connectivity index (χ1v) is 10.7. The van der Waals surface area contributed by atoms with E-state index in [1.165, 1.54) is 23.2 Å². The molecule has 5 N–H and O–H groups in total. The molecule has 1 fully saturated rings. The number of likely N-dealkylation sites (tertiary alicyclic amines) is 1. The average Bonchev–Trinajstić information content (AvgIpc) is 3.29. The van der Waals surface area contributed by atoms with Crippen molar-refractivity contribution in [3.05, 3.63) is 72.6 Å². The summed E-state index contributed by atoms with van der Waals surface area (Å²) >= 11 is 0. The molecule has 10 nitrogen and oxygen atoms in total. The maximum Gasteiger partial charge on any atom is 0.271 e. The highest BCUT2D eigenvalue weighted by Gasteiger charge is 2.39. The zero-order chi connectivity index (χ0) is 24.7.